The maximum absolute atomic E-state index is 13.2. The van der Waals surface area contributed by atoms with Crippen LogP contribution in [0.4, 0.5) is 10.5 Å². The van der Waals surface area contributed by atoms with Gasteiger partial charge < -0.3 is 10.2 Å². The van der Waals surface area contributed by atoms with Gasteiger partial charge >= 0.3 is 6.03 Å². The van der Waals surface area contributed by atoms with E-state index in [0.29, 0.717) is 23.9 Å². The van der Waals surface area contributed by atoms with Crippen molar-refractivity contribution in [3.63, 3.8) is 0 Å². The standard InChI is InChI=1S/C21H23BrN4O/c22-16-3-5-17(6-4-16)24-21(27)26-13-18(15-2-1-9-23-12-15)20-19(26)14-7-10-25(20)11-8-14/h1-6,9,12,14,18-20H,7-8,10-11,13H2,(H,24,27). The number of nitrogens with zero attached hydrogens (tertiary/aromatic N) is 3. The summed E-state index contributed by atoms with van der Waals surface area (Å²) in [6.07, 6.45) is 6.19. The van der Waals surface area contributed by atoms with Crippen molar-refractivity contribution >= 4 is 27.6 Å². The van der Waals surface area contributed by atoms with Crippen LogP contribution >= 0.6 is 15.9 Å². The van der Waals surface area contributed by atoms with Gasteiger partial charge in [-0.25, -0.2) is 4.79 Å². The van der Waals surface area contributed by atoms with E-state index in [1.807, 2.05) is 42.7 Å². The van der Waals surface area contributed by atoms with Crippen LogP contribution in [0.3, 0.4) is 0 Å². The zero-order valence-corrected chi connectivity index (χ0v) is 16.7. The molecule has 27 heavy (non-hydrogen) atoms. The van der Waals surface area contributed by atoms with Crippen LogP contribution in [-0.4, -0.2) is 52.5 Å². The van der Waals surface area contributed by atoms with Crippen molar-refractivity contribution in [2.45, 2.75) is 30.8 Å². The molecule has 2 aromatic rings. The summed E-state index contributed by atoms with van der Waals surface area (Å²) >= 11 is 3.44. The Bertz CT molecular complexity index is 820. The van der Waals surface area contributed by atoms with Crippen molar-refractivity contribution in [1.82, 2.24) is 14.8 Å². The Balaban J connectivity index is 1.43. The molecule has 1 aromatic carbocycles. The third kappa shape index (κ3) is 3.05. The first kappa shape index (κ1) is 17.2. The molecule has 5 heterocycles. The average Bonchev–Trinajstić information content (AvgIpc) is 3.14. The van der Waals surface area contributed by atoms with Crippen LogP contribution in [-0.2, 0) is 0 Å². The molecular formula is C21H23BrN4O. The van der Waals surface area contributed by atoms with Gasteiger partial charge in [0.25, 0.3) is 0 Å². The van der Waals surface area contributed by atoms with Crippen LogP contribution < -0.4 is 5.32 Å². The first-order chi connectivity index (χ1) is 13.2. The summed E-state index contributed by atoms with van der Waals surface area (Å²) < 4.78 is 1.01. The first-order valence-electron chi connectivity index (χ1n) is 9.68. The van der Waals surface area contributed by atoms with E-state index in [1.54, 1.807) is 0 Å². The third-order valence-corrected chi connectivity index (χ3v) is 6.99. The maximum atomic E-state index is 13.2. The van der Waals surface area contributed by atoms with E-state index < -0.39 is 0 Å². The molecule has 6 heteroatoms. The number of urea groups is 1. The lowest BCUT2D eigenvalue weighted by Gasteiger charge is -2.51. The van der Waals surface area contributed by atoms with Crippen LogP contribution in [0.2, 0.25) is 0 Å². The Labute approximate surface area is 167 Å². The Kier molecular flexibility index (Phi) is 4.40. The number of benzene rings is 1. The molecule has 6 rings (SSSR count). The molecular weight excluding hydrogens is 404 g/mol. The summed E-state index contributed by atoms with van der Waals surface area (Å²) in [5.74, 6) is 0.944. The molecule has 1 N–H and O–H groups in total. The number of rotatable bonds is 2. The highest BCUT2D eigenvalue weighted by Crippen LogP contribution is 2.46. The number of nitrogens with one attached hydrogen (secondary N) is 1. The molecule has 0 aliphatic carbocycles. The minimum Gasteiger partial charge on any atom is -0.319 e. The molecule has 0 radical (unpaired) electrons. The molecule has 140 valence electrons. The van der Waals surface area contributed by atoms with Gasteiger partial charge in [0.2, 0.25) is 0 Å². The summed E-state index contributed by atoms with van der Waals surface area (Å²) in [5, 5.41) is 3.11. The number of fused-ring (bicyclic) bond motifs is 2. The molecule has 0 saturated carbocycles. The average molecular weight is 427 g/mol. The van der Waals surface area contributed by atoms with E-state index in [-0.39, 0.29) is 6.03 Å². The zero-order chi connectivity index (χ0) is 18.4. The number of amides is 2. The van der Waals surface area contributed by atoms with Crippen molar-refractivity contribution in [3.05, 3.63) is 58.8 Å². The third-order valence-electron chi connectivity index (χ3n) is 6.46. The highest BCUT2D eigenvalue weighted by atomic mass is 79.9. The summed E-state index contributed by atoms with van der Waals surface area (Å²) in [4.78, 5) is 22.2. The zero-order valence-electron chi connectivity index (χ0n) is 15.1. The molecule has 4 aliphatic heterocycles. The Hall–Kier alpha value is -1.92. The van der Waals surface area contributed by atoms with Crippen LogP contribution in [0.1, 0.15) is 24.3 Å². The fourth-order valence-electron chi connectivity index (χ4n) is 5.27. The number of anilines is 1. The Morgan fingerprint density at radius 3 is 2.59 bits per heavy atom. The van der Waals surface area contributed by atoms with Gasteiger partial charge in [0.15, 0.2) is 0 Å². The molecule has 2 bridgehead atoms. The summed E-state index contributed by atoms with van der Waals surface area (Å²) in [6, 6.07) is 12.7. The van der Waals surface area contributed by atoms with Crippen molar-refractivity contribution in [3.8, 4) is 0 Å². The number of carbonyl (C=O) groups excluding carboxylic acids is 1. The molecule has 3 unspecified atom stereocenters. The van der Waals surface area contributed by atoms with E-state index in [2.05, 4.69) is 42.1 Å². The SMILES string of the molecule is O=C(Nc1ccc(Br)cc1)N1CC(c2cccnc2)C2C1C1CCN2CC1. The molecule has 3 atom stereocenters. The molecule has 4 fully saturated rings. The van der Waals surface area contributed by atoms with Gasteiger partial charge in [-0.3, -0.25) is 9.88 Å². The minimum absolute atomic E-state index is 0.0208. The minimum atomic E-state index is 0.0208. The maximum Gasteiger partial charge on any atom is 0.322 e. The fourth-order valence-corrected chi connectivity index (χ4v) is 5.54. The van der Waals surface area contributed by atoms with E-state index in [0.717, 1.165) is 29.8 Å². The number of aromatic nitrogens is 1. The Morgan fingerprint density at radius 2 is 1.89 bits per heavy atom. The lowest BCUT2D eigenvalue weighted by Crippen LogP contribution is -2.61. The monoisotopic (exact) mass is 426 g/mol. The topological polar surface area (TPSA) is 48.5 Å². The number of pyridine rings is 1. The molecule has 4 aliphatic rings. The predicted molar refractivity (Wildman–Crippen MR) is 109 cm³/mol. The van der Waals surface area contributed by atoms with Crippen molar-refractivity contribution in [1.29, 1.82) is 0 Å². The number of hydrogen-bond donors (Lipinski definition) is 1. The summed E-state index contributed by atoms with van der Waals surface area (Å²) in [5.41, 5.74) is 2.09. The molecule has 4 saturated heterocycles. The second kappa shape index (κ2) is 6.91. The van der Waals surface area contributed by atoms with Gasteiger partial charge in [0.1, 0.15) is 0 Å². The molecule has 5 nitrogen and oxygen atoms in total. The highest BCUT2D eigenvalue weighted by molar-refractivity contribution is 9.10. The molecule has 1 aromatic heterocycles. The van der Waals surface area contributed by atoms with E-state index in [1.165, 1.54) is 18.4 Å². The smallest absolute Gasteiger partial charge is 0.319 e. The number of hydrogen-bond acceptors (Lipinski definition) is 3. The van der Waals surface area contributed by atoms with Gasteiger partial charge in [-0.1, -0.05) is 22.0 Å². The van der Waals surface area contributed by atoms with E-state index >= 15 is 0 Å². The van der Waals surface area contributed by atoms with Crippen LogP contribution in [0, 0.1) is 5.92 Å². The summed E-state index contributed by atoms with van der Waals surface area (Å²) in [6.45, 7) is 3.08. The van der Waals surface area contributed by atoms with Crippen LogP contribution in [0.15, 0.2) is 53.3 Å². The number of halogens is 1. The van der Waals surface area contributed by atoms with Gasteiger partial charge in [-0.15, -0.1) is 0 Å². The van der Waals surface area contributed by atoms with Gasteiger partial charge in [0.05, 0.1) is 6.04 Å². The lowest BCUT2D eigenvalue weighted by molar-refractivity contribution is 0.00493. The number of likely N-dealkylation sites (tertiary alicyclic amines) is 1. The van der Waals surface area contributed by atoms with E-state index in [9.17, 15) is 4.79 Å². The normalized spacial score (nSPS) is 31.6. The predicted octanol–water partition coefficient (Wildman–Crippen LogP) is 3.94. The first-order valence-corrected chi connectivity index (χ1v) is 10.5. The quantitative estimate of drug-likeness (QED) is 0.790. The van der Waals surface area contributed by atoms with Crippen LogP contribution in [0.5, 0.6) is 0 Å². The fraction of sp³-hybridized carbons (Fsp3) is 0.429. The molecule has 2 amide bonds. The van der Waals surface area contributed by atoms with Crippen molar-refractivity contribution < 1.29 is 4.79 Å². The molecule has 0 spiro atoms. The van der Waals surface area contributed by atoms with Crippen LogP contribution in [0.25, 0.3) is 0 Å². The lowest BCUT2D eigenvalue weighted by atomic mass is 9.75. The highest BCUT2D eigenvalue weighted by Gasteiger charge is 2.54. The van der Waals surface area contributed by atoms with Gasteiger partial charge in [-0.2, -0.15) is 0 Å². The number of carbonyl (C=O) groups is 1. The van der Waals surface area contributed by atoms with Gasteiger partial charge in [-0.05, 0) is 67.7 Å². The largest absolute Gasteiger partial charge is 0.322 e. The Morgan fingerprint density at radius 1 is 1.11 bits per heavy atom. The van der Waals surface area contributed by atoms with E-state index in [4.69, 9.17) is 0 Å². The second-order valence-corrected chi connectivity index (χ2v) is 8.75. The number of piperidine rings is 3. The second-order valence-electron chi connectivity index (χ2n) is 7.84. The summed E-state index contributed by atoms with van der Waals surface area (Å²) in [7, 11) is 0. The van der Waals surface area contributed by atoms with Crippen molar-refractivity contribution in [2.75, 3.05) is 25.0 Å². The van der Waals surface area contributed by atoms with Gasteiger partial charge in [0, 0.05) is 41.1 Å². The van der Waals surface area contributed by atoms with Crippen molar-refractivity contribution in [2.24, 2.45) is 5.92 Å².